The molecule has 0 N–H and O–H groups in total. The van der Waals surface area contributed by atoms with Crippen LogP contribution in [0, 0.1) is 0 Å². The summed E-state index contributed by atoms with van der Waals surface area (Å²) in [5, 5.41) is 5.40. The van der Waals surface area contributed by atoms with Crippen molar-refractivity contribution in [2.75, 3.05) is 9.80 Å². The second-order valence-corrected chi connectivity index (χ2v) is 17.2. The molecule has 69 heavy (non-hydrogen) atoms. The molecule has 0 fully saturated rings. The van der Waals surface area contributed by atoms with Crippen molar-refractivity contribution in [2.45, 2.75) is 0 Å². The van der Waals surface area contributed by atoms with Crippen molar-refractivity contribution in [1.29, 1.82) is 0 Å². The Morgan fingerprint density at radius 1 is 0.449 bits per heavy atom. The summed E-state index contributed by atoms with van der Waals surface area (Å²) in [4.78, 5) is 4.61. The van der Waals surface area contributed by atoms with Crippen LogP contribution in [0.15, 0.2) is 197 Å². The van der Waals surface area contributed by atoms with Gasteiger partial charge in [-0.2, -0.15) is 0 Å². The molecule has 303 valence electrons. The standard InChI is InChI=1S/C50H31N3O3.B13/c1-2-13-32(14-3-1)52-42-20-7-4-19-41(42)49-50(52)53(43-21-8-11-24-46(43)56-49)34-16-12-15-33(29-34)51(35-25-27-39-37-17-5-9-22-44(37)54-47(39)30-35)36-26-28-40-38-18-6-10-23-45(38)55-48(40)31-36;1-8-12(9(2)3)13(10(4)5)11(6)7/h1-31H;. The average Bonchev–Trinajstić information content (AvgIpc) is 4.04. The fraction of sp³-hybridized carbons (Fsp3) is 0. The van der Waals surface area contributed by atoms with Crippen LogP contribution in [0.1, 0.15) is 0 Å². The molecule has 0 amide bonds. The Kier molecular flexibility index (Phi) is 12.0. The maximum Gasteiger partial charge on any atom is 0.178 e. The number of furan rings is 2. The summed E-state index contributed by atoms with van der Waals surface area (Å²) < 4.78 is 22.0. The maximum atomic E-state index is 6.80. The normalized spacial score (nSPS) is 11.7. The Morgan fingerprint density at radius 3 is 1.57 bits per heavy atom. The van der Waals surface area contributed by atoms with Crippen LogP contribution in [0.5, 0.6) is 11.5 Å². The Balaban J connectivity index is 0.000000353. The molecule has 0 unspecified atom stereocenters. The van der Waals surface area contributed by atoms with E-state index in [-0.39, 0.29) is 6.39 Å². The highest BCUT2D eigenvalue weighted by Gasteiger charge is 2.34. The van der Waals surface area contributed by atoms with Gasteiger partial charge in [0.05, 0.1) is 11.2 Å². The van der Waals surface area contributed by atoms with Gasteiger partial charge >= 0.3 is 0 Å². The van der Waals surface area contributed by atoms with Crippen LogP contribution in [-0.4, -0.2) is 97.7 Å². The number of ether oxygens (including phenoxy) is 1. The molecule has 19 heteroatoms. The lowest BCUT2D eigenvalue weighted by molar-refractivity contribution is 0.481. The van der Waals surface area contributed by atoms with Gasteiger partial charge in [-0.1, -0.05) is 84.9 Å². The number of nitrogens with zero attached hydrogens (tertiary/aromatic N) is 3. The van der Waals surface area contributed by atoms with E-state index in [0.29, 0.717) is 0 Å². The van der Waals surface area contributed by atoms with Crippen LogP contribution in [-0.2, 0) is 0 Å². The lowest BCUT2D eigenvalue weighted by Crippen LogP contribution is -2.69. The first kappa shape index (κ1) is 44.6. The molecule has 0 saturated heterocycles. The molecule has 0 atom stereocenters. The van der Waals surface area contributed by atoms with E-state index < -0.39 is 25.5 Å². The van der Waals surface area contributed by atoms with Crippen molar-refractivity contribution in [2.24, 2.45) is 0 Å². The summed E-state index contributed by atoms with van der Waals surface area (Å²) >= 11 is 0. The highest BCUT2D eigenvalue weighted by molar-refractivity contribution is 8.07. The minimum absolute atomic E-state index is 0.389. The summed E-state index contributed by atoms with van der Waals surface area (Å²) in [6.45, 7) is 0. The first-order chi connectivity index (χ1) is 33.7. The summed E-state index contributed by atoms with van der Waals surface area (Å²) in [6, 6.07) is 65.3. The van der Waals surface area contributed by atoms with Crippen LogP contribution >= 0.6 is 0 Å². The third kappa shape index (κ3) is 8.04. The van der Waals surface area contributed by atoms with Gasteiger partial charge in [-0.15, -0.1) is 0 Å². The Labute approximate surface area is 413 Å². The van der Waals surface area contributed by atoms with Gasteiger partial charge in [0, 0.05) is 161 Å². The molecule has 0 aliphatic carbocycles. The molecule has 15 radical (unpaired) electrons. The number of hydrogen-bond donors (Lipinski definition) is 0. The molecule has 3 aromatic heterocycles. The van der Waals surface area contributed by atoms with Gasteiger partial charge in [-0.05, 0) is 91.0 Å². The zero-order chi connectivity index (χ0) is 47.3. The van der Waals surface area contributed by atoms with Crippen molar-refractivity contribution >= 4 is 182 Å². The van der Waals surface area contributed by atoms with Crippen LogP contribution in [0.25, 0.3) is 60.5 Å². The lowest BCUT2D eigenvalue weighted by atomic mass is 8.50. The first-order valence-electron chi connectivity index (χ1n) is 22.8. The molecule has 8 aromatic carbocycles. The van der Waals surface area contributed by atoms with Crippen LogP contribution in [0.3, 0.4) is 0 Å². The summed E-state index contributed by atoms with van der Waals surface area (Å²) in [5.74, 6) is 2.55. The number of rotatable bonds is 10. The molecule has 12 rings (SSSR count). The molecule has 11 aromatic rings. The van der Waals surface area contributed by atoms with E-state index in [1.807, 2.05) is 36.4 Å². The average molecular weight is 862 g/mol. The molecule has 1 aliphatic rings. The van der Waals surface area contributed by atoms with Crippen LogP contribution < -0.4 is 14.5 Å². The number of aromatic nitrogens is 1. The van der Waals surface area contributed by atoms with E-state index in [2.05, 4.69) is 166 Å². The molecule has 0 bridgehead atoms. The quantitative estimate of drug-likeness (QED) is 0.128. The van der Waals surface area contributed by atoms with Gasteiger partial charge in [0.15, 0.2) is 17.3 Å². The maximum absolute atomic E-state index is 6.80. The first-order valence-corrected chi connectivity index (χ1v) is 22.8. The molecular weight excluding hydrogens is 831 g/mol. The predicted octanol–water partition coefficient (Wildman–Crippen LogP) is 9.52. The van der Waals surface area contributed by atoms with Crippen molar-refractivity contribution in [1.82, 2.24) is 4.57 Å². The highest BCUT2D eigenvalue weighted by atomic mass is 16.5. The fourth-order valence-corrected chi connectivity index (χ4v) is 9.76. The number of anilines is 6. The van der Waals surface area contributed by atoms with Crippen molar-refractivity contribution in [3.63, 3.8) is 0 Å². The lowest BCUT2D eigenvalue weighted by Gasteiger charge is -2.33. The summed E-state index contributed by atoms with van der Waals surface area (Å²) in [5.41, 5.74) is 10.3. The number of benzene rings is 8. The molecular formula is C50H31B13N3O3. The monoisotopic (exact) mass is 864 g/mol. The minimum Gasteiger partial charge on any atom is -0.456 e. The van der Waals surface area contributed by atoms with E-state index >= 15 is 0 Å². The van der Waals surface area contributed by atoms with Gasteiger partial charge < -0.3 is 18.5 Å². The number of fused-ring (bicyclic) bond motifs is 10. The van der Waals surface area contributed by atoms with Crippen molar-refractivity contribution < 1.29 is 13.6 Å². The summed E-state index contributed by atoms with van der Waals surface area (Å²) in [7, 11) is 39.5. The van der Waals surface area contributed by atoms with Crippen LogP contribution in [0.2, 0.25) is 0 Å². The van der Waals surface area contributed by atoms with Gasteiger partial charge in [-0.3, -0.25) is 9.47 Å². The summed E-state index contributed by atoms with van der Waals surface area (Å²) in [6.07, 6.45) is -2.87. The second-order valence-electron chi connectivity index (χ2n) is 17.2. The highest BCUT2D eigenvalue weighted by Crippen LogP contribution is 2.56. The van der Waals surface area contributed by atoms with E-state index in [1.54, 1.807) is 0 Å². The van der Waals surface area contributed by atoms with Crippen molar-refractivity contribution in [3.05, 3.63) is 188 Å². The Morgan fingerprint density at radius 2 is 0.971 bits per heavy atom. The van der Waals surface area contributed by atoms with Gasteiger partial charge in [-0.25, -0.2) is 0 Å². The molecule has 0 saturated carbocycles. The number of para-hydroxylation sites is 6. The molecule has 0 spiro atoms. The third-order valence-electron chi connectivity index (χ3n) is 12.9. The van der Waals surface area contributed by atoms with Crippen molar-refractivity contribution in [3.8, 4) is 17.2 Å². The number of hydrogen-bond acceptors (Lipinski definition) is 5. The van der Waals surface area contributed by atoms with E-state index in [0.717, 1.165) is 106 Å². The smallest absolute Gasteiger partial charge is 0.178 e. The zero-order valence-electron chi connectivity index (χ0n) is 37.5. The van der Waals surface area contributed by atoms with E-state index in [4.69, 9.17) is 67.7 Å². The Hall–Kier alpha value is -6.86. The van der Waals surface area contributed by atoms with Gasteiger partial charge in [0.2, 0.25) is 0 Å². The predicted molar refractivity (Wildman–Crippen MR) is 302 cm³/mol. The van der Waals surface area contributed by atoms with Gasteiger partial charge in [0.25, 0.3) is 0 Å². The SMILES string of the molecule is [B][B]B(B([B])[B])B(B([B])[B])B([B])[B].c1ccc(-n2c3c(c4ccccc42)Oc2ccccc2N3c2cccc(N(c3ccc4c(c3)oc3ccccc34)c3ccc4c(c3)oc3ccccc34)c2)cc1. The zero-order valence-corrected chi connectivity index (χ0v) is 37.5. The second kappa shape index (κ2) is 18.6. The Bertz CT molecular complexity index is 3540. The fourth-order valence-electron chi connectivity index (χ4n) is 9.76. The molecule has 6 nitrogen and oxygen atoms in total. The van der Waals surface area contributed by atoms with E-state index in [1.165, 1.54) is 7.06 Å². The third-order valence-corrected chi connectivity index (χ3v) is 12.9. The topological polar surface area (TPSA) is 46.9 Å². The van der Waals surface area contributed by atoms with Crippen LogP contribution in [0.4, 0.5) is 34.3 Å². The minimum atomic E-state index is -0.695. The molecule has 1 aliphatic heterocycles. The molecule has 4 heterocycles. The largest absolute Gasteiger partial charge is 0.456 e. The van der Waals surface area contributed by atoms with Gasteiger partial charge in [0.1, 0.15) is 22.3 Å². The van der Waals surface area contributed by atoms with E-state index in [9.17, 15) is 0 Å².